The Kier molecular flexibility index (Phi) is 3.68. The number of aromatic nitrogens is 1. The van der Waals surface area contributed by atoms with Gasteiger partial charge < -0.3 is 14.5 Å². The van der Waals surface area contributed by atoms with Gasteiger partial charge in [-0.3, -0.25) is 0 Å². The summed E-state index contributed by atoms with van der Waals surface area (Å²) < 4.78 is 11.4. The number of nitrogens with zero attached hydrogens (tertiary/aromatic N) is 1. The van der Waals surface area contributed by atoms with E-state index in [-0.39, 0.29) is 6.10 Å². The maximum Gasteiger partial charge on any atom is 0.208 e. The van der Waals surface area contributed by atoms with Gasteiger partial charge >= 0.3 is 0 Å². The number of benzene rings is 1. The topological polar surface area (TPSA) is 47.3 Å². The van der Waals surface area contributed by atoms with Crippen LogP contribution in [-0.2, 0) is 13.0 Å². The lowest BCUT2D eigenvalue weighted by Gasteiger charge is -2.10. The minimum Gasteiger partial charge on any atom is -0.488 e. The van der Waals surface area contributed by atoms with Crippen LogP contribution in [0.1, 0.15) is 22.9 Å². The number of ether oxygens (including phenoxy) is 1. The van der Waals surface area contributed by atoms with Crippen molar-refractivity contribution in [3.8, 4) is 5.75 Å². The van der Waals surface area contributed by atoms with Crippen LogP contribution in [0.25, 0.3) is 0 Å². The van der Waals surface area contributed by atoms with Gasteiger partial charge in [0, 0.05) is 18.0 Å². The third kappa shape index (κ3) is 2.81. The zero-order valence-corrected chi connectivity index (χ0v) is 12.3. The maximum atomic E-state index is 5.98. The Morgan fingerprint density at radius 1 is 1.40 bits per heavy atom. The first-order chi connectivity index (χ1) is 9.61. The molecular weight excluding hydrogens is 276 g/mol. The highest BCUT2D eigenvalue weighted by Gasteiger charge is 2.22. The van der Waals surface area contributed by atoms with Gasteiger partial charge in [-0.15, -0.1) is 0 Å². The van der Waals surface area contributed by atoms with Crippen molar-refractivity contribution in [2.75, 3.05) is 6.54 Å². The molecule has 0 bridgehead atoms. The SMILES string of the molecule is Cc1nc(CNCC2Cc3cc(Cl)ccc3O2)oc1C. The van der Waals surface area contributed by atoms with E-state index in [4.69, 9.17) is 20.8 Å². The molecule has 0 aliphatic carbocycles. The molecule has 1 aliphatic rings. The summed E-state index contributed by atoms with van der Waals surface area (Å²) in [6, 6.07) is 5.75. The predicted molar refractivity (Wildman–Crippen MR) is 77.3 cm³/mol. The van der Waals surface area contributed by atoms with Crippen LogP contribution < -0.4 is 10.1 Å². The average Bonchev–Trinajstić information content (AvgIpc) is 2.93. The Labute approximate surface area is 123 Å². The third-order valence-electron chi connectivity index (χ3n) is 3.48. The number of hydrogen-bond donors (Lipinski definition) is 1. The molecule has 2 heterocycles. The zero-order valence-electron chi connectivity index (χ0n) is 11.6. The van der Waals surface area contributed by atoms with Gasteiger partial charge in [-0.1, -0.05) is 11.6 Å². The monoisotopic (exact) mass is 292 g/mol. The number of oxazole rings is 1. The molecule has 1 N–H and O–H groups in total. The number of aryl methyl sites for hydroxylation is 2. The summed E-state index contributed by atoms with van der Waals surface area (Å²) >= 11 is 5.98. The quantitative estimate of drug-likeness (QED) is 0.941. The fourth-order valence-corrected chi connectivity index (χ4v) is 2.55. The van der Waals surface area contributed by atoms with E-state index in [1.165, 1.54) is 5.56 Å². The number of fused-ring (bicyclic) bond motifs is 1. The van der Waals surface area contributed by atoms with Crippen LogP contribution in [-0.4, -0.2) is 17.6 Å². The van der Waals surface area contributed by atoms with Crippen LogP contribution in [0.4, 0.5) is 0 Å². The molecule has 3 rings (SSSR count). The van der Waals surface area contributed by atoms with Crippen LogP contribution in [0.3, 0.4) is 0 Å². The van der Waals surface area contributed by atoms with E-state index < -0.39 is 0 Å². The largest absolute Gasteiger partial charge is 0.488 e. The predicted octanol–water partition coefficient (Wildman–Crippen LogP) is 3.04. The van der Waals surface area contributed by atoms with E-state index in [0.717, 1.165) is 41.1 Å². The normalized spacial score (nSPS) is 17.1. The molecule has 1 unspecified atom stereocenters. The second-order valence-electron chi connectivity index (χ2n) is 5.08. The molecule has 1 aromatic carbocycles. The molecule has 2 aromatic rings. The Balaban J connectivity index is 1.51. The number of nitrogens with one attached hydrogen (secondary N) is 1. The first-order valence-electron chi connectivity index (χ1n) is 6.70. The molecule has 0 amide bonds. The second-order valence-corrected chi connectivity index (χ2v) is 5.51. The smallest absolute Gasteiger partial charge is 0.208 e. The van der Waals surface area contributed by atoms with Crippen LogP contribution in [0.5, 0.6) is 5.75 Å². The minimum absolute atomic E-state index is 0.139. The van der Waals surface area contributed by atoms with E-state index >= 15 is 0 Å². The van der Waals surface area contributed by atoms with E-state index in [9.17, 15) is 0 Å². The average molecular weight is 293 g/mol. The molecular formula is C15H17ClN2O2. The molecule has 0 saturated heterocycles. The van der Waals surface area contributed by atoms with Crippen molar-refractivity contribution < 1.29 is 9.15 Å². The minimum atomic E-state index is 0.139. The summed E-state index contributed by atoms with van der Waals surface area (Å²) in [5.41, 5.74) is 2.12. The van der Waals surface area contributed by atoms with Crippen molar-refractivity contribution >= 4 is 11.6 Å². The molecule has 0 spiro atoms. The van der Waals surface area contributed by atoms with Crippen molar-refractivity contribution in [1.82, 2.24) is 10.3 Å². The number of halogens is 1. The van der Waals surface area contributed by atoms with Crippen LogP contribution >= 0.6 is 11.6 Å². The van der Waals surface area contributed by atoms with Crippen molar-refractivity contribution in [3.05, 3.63) is 46.1 Å². The zero-order chi connectivity index (χ0) is 14.1. The van der Waals surface area contributed by atoms with Crippen molar-refractivity contribution in [1.29, 1.82) is 0 Å². The fourth-order valence-electron chi connectivity index (χ4n) is 2.36. The summed E-state index contributed by atoms with van der Waals surface area (Å²) in [7, 11) is 0. The lowest BCUT2D eigenvalue weighted by molar-refractivity contribution is 0.225. The molecule has 106 valence electrons. The molecule has 0 saturated carbocycles. The van der Waals surface area contributed by atoms with Gasteiger partial charge in [0.1, 0.15) is 17.6 Å². The molecule has 1 aliphatic heterocycles. The summed E-state index contributed by atoms with van der Waals surface area (Å²) in [6.45, 7) is 5.24. The van der Waals surface area contributed by atoms with E-state index in [2.05, 4.69) is 10.3 Å². The second kappa shape index (κ2) is 5.46. The standard InChI is InChI=1S/C15H17ClN2O2/c1-9-10(2)19-15(18-9)8-17-7-13-6-11-5-12(16)3-4-14(11)20-13/h3-5,13,17H,6-8H2,1-2H3. The highest BCUT2D eigenvalue weighted by Crippen LogP contribution is 2.30. The maximum absolute atomic E-state index is 5.98. The van der Waals surface area contributed by atoms with E-state index in [0.29, 0.717) is 6.54 Å². The first kappa shape index (κ1) is 13.5. The van der Waals surface area contributed by atoms with E-state index in [1.807, 2.05) is 32.0 Å². The van der Waals surface area contributed by atoms with Crippen LogP contribution in [0.2, 0.25) is 5.02 Å². The van der Waals surface area contributed by atoms with Crippen LogP contribution in [0, 0.1) is 13.8 Å². The van der Waals surface area contributed by atoms with Crippen LogP contribution in [0.15, 0.2) is 22.6 Å². The van der Waals surface area contributed by atoms with Gasteiger partial charge in [-0.2, -0.15) is 0 Å². The van der Waals surface area contributed by atoms with Gasteiger partial charge in [0.15, 0.2) is 0 Å². The first-order valence-corrected chi connectivity index (χ1v) is 7.08. The number of hydrogen-bond acceptors (Lipinski definition) is 4. The summed E-state index contributed by atoms with van der Waals surface area (Å²) in [5, 5.41) is 4.08. The Bertz CT molecular complexity index is 605. The van der Waals surface area contributed by atoms with Gasteiger partial charge in [0.2, 0.25) is 5.89 Å². The molecule has 0 fully saturated rings. The lowest BCUT2D eigenvalue weighted by Crippen LogP contribution is -2.29. The molecule has 20 heavy (non-hydrogen) atoms. The molecule has 0 radical (unpaired) electrons. The Morgan fingerprint density at radius 3 is 3.00 bits per heavy atom. The number of rotatable bonds is 4. The third-order valence-corrected chi connectivity index (χ3v) is 3.72. The van der Waals surface area contributed by atoms with Gasteiger partial charge in [-0.25, -0.2) is 4.98 Å². The summed E-state index contributed by atoms with van der Waals surface area (Å²) in [5.74, 6) is 2.53. The van der Waals surface area contributed by atoms with Gasteiger partial charge in [0.25, 0.3) is 0 Å². The molecule has 4 nitrogen and oxygen atoms in total. The van der Waals surface area contributed by atoms with Crippen molar-refractivity contribution in [2.24, 2.45) is 0 Å². The van der Waals surface area contributed by atoms with Gasteiger partial charge in [0.05, 0.1) is 12.2 Å². The lowest BCUT2D eigenvalue weighted by atomic mass is 10.1. The summed E-state index contributed by atoms with van der Waals surface area (Å²) in [4.78, 5) is 4.34. The fraction of sp³-hybridized carbons (Fsp3) is 0.400. The summed E-state index contributed by atoms with van der Waals surface area (Å²) in [6.07, 6.45) is 1.02. The van der Waals surface area contributed by atoms with E-state index in [1.54, 1.807) is 0 Å². The van der Waals surface area contributed by atoms with Gasteiger partial charge in [-0.05, 0) is 37.6 Å². The molecule has 1 aromatic heterocycles. The Morgan fingerprint density at radius 2 is 2.25 bits per heavy atom. The molecule has 5 heteroatoms. The van der Waals surface area contributed by atoms with Crippen molar-refractivity contribution in [3.63, 3.8) is 0 Å². The van der Waals surface area contributed by atoms with Crippen molar-refractivity contribution in [2.45, 2.75) is 32.9 Å². The highest BCUT2D eigenvalue weighted by atomic mass is 35.5. The highest BCUT2D eigenvalue weighted by molar-refractivity contribution is 6.30. The Hall–Kier alpha value is -1.52. The molecule has 1 atom stereocenters.